The molecule has 2 heterocycles. The largest absolute Gasteiger partial charge is 0.363 e. The van der Waals surface area contributed by atoms with Crippen LogP contribution in [0.25, 0.3) is 0 Å². The van der Waals surface area contributed by atoms with Crippen LogP contribution in [0.4, 0.5) is 5.82 Å². The molecule has 1 saturated heterocycles. The molecule has 0 radical (unpaired) electrons. The van der Waals surface area contributed by atoms with Crippen molar-refractivity contribution in [2.24, 2.45) is 0 Å². The SMILES string of the molecule is CC1(Nc2cc(=O)[nH]cn2)CCNC1. The zero-order valence-electron chi connectivity index (χ0n) is 8.13. The number of nitrogens with one attached hydrogen (secondary N) is 3. The fourth-order valence-electron chi connectivity index (χ4n) is 1.67. The molecule has 2 rings (SSSR count). The van der Waals surface area contributed by atoms with Crippen molar-refractivity contribution >= 4 is 5.82 Å². The number of H-pyrrole nitrogens is 1. The summed E-state index contributed by atoms with van der Waals surface area (Å²) in [5, 5.41) is 6.54. The summed E-state index contributed by atoms with van der Waals surface area (Å²) in [5.41, 5.74) is -0.113. The maximum Gasteiger partial charge on any atom is 0.252 e. The molecular weight excluding hydrogens is 180 g/mol. The lowest BCUT2D eigenvalue weighted by atomic mass is 10.0. The van der Waals surface area contributed by atoms with Crippen LogP contribution in [-0.4, -0.2) is 28.6 Å². The van der Waals surface area contributed by atoms with Crippen LogP contribution >= 0.6 is 0 Å². The lowest BCUT2D eigenvalue weighted by molar-refractivity contribution is 0.564. The third-order valence-corrected chi connectivity index (χ3v) is 2.48. The van der Waals surface area contributed by atoms with Crippen LogP contribution in [0.2, 0.25) is 0 Å². The van der Waals surface area contributed by atoms with Gasteiger partial charge in [-0.25, -0.2) is 4.98 Å². The van der Waals surface area contributed by atoms with Crippen LogP contribution in [0.15, 0.2) is 17.2 Å². The molecule has 1 fully saturated rings. The molecular formula is C9H14N4O. The number of nitrogens with zero attached hydrogens (tertiary/aromatic N) is 1. The average Bonchev–Trinajstić information content (AvgIpc) is 2.51. The van der Waals surface area contributed by atoms with Crippen molar-refractivity contribution in [3.63, 3.8) is 0 Å². The van der Waals surface area contributed by atoms with E-state index in [1.807, 2.05) is 0 Å². The maximum absolute atomic E-state index is 11.0. The normalized spacial score (nSPS) is 26.4. The highest BCUT2D eigenvalue weighted by atomic mass is 16.1. The Balaban J connectivity index is 2.14. The number of anilines is 1. The van der Waals surface area contributed by atoms with E-state index in [0.717, 1.165) is 19.5 Å². The molecule has 1 aromatic rings. The second kappa shape index (κ2) is 3.42. The summed E-state index contributed by atoms with van der Waals surface area (Å²) in [6, 6.07) is 1.48. The summed E-state index contributed by atoms with van der Waals surface area (Å²) in [7, 11) is 0. The van der Waals surface area contributed by atoms with Gasteiger partial charge in [-0.1, -0.05) is 0 Å². The molecule has 1 atom stereocenters. The molecule has 14 heavy (non-hydrogen) atoms. The van der Waals surface area contributed by atoms with Crippen molar-refractivity contribution in [2.75, 3.05) is 18.4 Å². The first kappa shape index (κ1) is 9.21. The number of aromatic nitrogens is 2. The minimum absolute atomic E-state index is 0.0147. The Labute approximate surface area is 82.0 Å². The number of hydrogen-bond acceptors (Lipinski definition) is 4. The van der Waals surface area contributed by atoms with Gasteiger partial charge in [-0.2, -0.15) is 0 Å². The first-order valence-corrected chi connectivity index (χ1v) is 4.72. The van der Waals surface area contributed by atoms with Gasteiger partial charge in [0.15, 0.2) is 0 Å². The van der Waals surface area contributed by atoms with E-state index in [4.69, 9.17) is 0 Å². The fraction of sp³-hybridized carbons (Fsp3) is 0.556. The predicted octanol–water partition coefficient (Wildman–Crippen LogP) is -0.0662. The summed E-state index contributed by atoms with van der Waals surface area (Å²) >= 11 is 0. The van der Waals surface area contributed by atoms with Crippen molar-refractivity contribution in [1.29, 1.82) is 0 Å². The van der Waals surface area contributed by atoms with Gasteiger partial charge in [-0.05, 0) is 19.9 Å². The molecule has 0 amide bonds. The molecule has 0 spiro atoms. The summed E-state index contributed by atoms with van der Waals surface area (Å²) in [6.07, 6.45) is 2.46. The first-order valence-electron chi connectivity index (χ1n) is 4.72. The third-order valence-electron chi connectivity index (χ3n) is 2.48. The van der Waals surface area contributed by atoms with Crippen LogP contribution in [0, 0.1) is 0 Å². The zero-order chi connectivity index (χ0) is 10.0. The molecule has 76 valence electrons. The average molecular weight is 194 g/mol. The Morgan fingerprint density at radius 2 is 2.50 bits per heavy atom. The summed E-state index contributed by atoms with van der Waals surface area (Å²) in [6.45, 7) is 4.03. The third kappa shape index (κ3) is 1.93. The van der Waals surface area contributed by atoms with Gasteiger partial charge in [-0.3, -0.25) is 4.79 Å². The van der Waals surface area contributed by atoms with Crippen molar-refractivity contribution in [1.82, 2.24) is 15.3 Å². The van der Waals surface area contributed by atoms with Crippen LogP contribution in [0.5, 0.6) is 0 Å². The standard InChI is InChI=1S/C9H14N4O/c1-9(2-3-10-5-9)13-7-4-8(14)12-6-11-7/h4,6,10H,2-3,5H2,1H3,(H2,11,12,13,14). The number of hydrogen-bond donors (Lipinski definition) is 3. The summed E-state index contributed by atoms with van der Waals surface area (Å²) in [5.74, 6) is 0.639. The summed E-state index contributed by atoms with van der Waals surface area (Å²) in [4.78, 5) is 17.6. The first-order chi connectivity index (χ1) is 6.68. The van der Waals surface area contributed by atoms with Gasteiger partial charge in [0.1, 0.15) is 5.82 Å². The molecule has 0 saturated carbocycles. The van der Waals surface area contributed by atoms with Crippen LogP contribution in [-0.2, 0) is 0 Å². The molecule has 0 aromatic carbocycles. The van der Waals surface area contributed by atoms with E-state index in [-0.39, 0.29) is 11.1 Å². The maximum atomic E-state index is 11.0. The Bertz CT molecular complexity index is 367. The molecule has 1 aromatic heterocycles. The summed E-state index contributed by atoms with van der Waals surface area (Å²) < 4.78 is 0. The fourth-order valence-corrected chi connectivity index (χ4v) is 1.67. The Morgan fingerprint density at radius 1 is 1.64 bits per heavy atom. The topological polar surface area (TPSA) is 69.8 Å². The lowest BCUT2D eigenvalue weighted by Gasteiger charge is -2.24. The van der Waals surface area contributed by atoms with Gasteiger partial charge in [0.2, 0.25) is 0 Å². The van der Waals surface area contributed by atoms with Gasteiger partial charge in [-0.15, -0.1) is 0 Å². The Kier molecular flexibility index (Phi) is 2.25. The molecule has 1 aliphatic heterocycles. The van der Waals surface area contributed by atoms with E-state index in [1.54, 1.807) is 0 Å². The monoisotopic (exact) mass is 194 g/mol. The number of aromatic amines is 1. The van der Waals surface area contributed by atoms with Crippen molar-refractivity contribution in [3.05, 3.63) is 22.7 Å². The zero-order valence-corrected chi connectivity index (χ0v) is 8.13. The molecule has 1 unspecified atom stereocenters. The highest BCUT2D eigenvalue weighted by Gasteiger charge is 2.28. The van der Waals surface area contributed by atoms with Gasteiger partial charge in [0.05, 0.1) is 6.33 Å². The van der Waals surface area contributed by atoms with Crippen LogP contribution < -0.4 is 16.2 Å². The van der Waals surface area contributed by atoms with Crippen molar-refractivity contribution in [3.8, 4) is 0 Å². The van der Waals surface area contributed by atoms with E-state index in [1.165, 1.54) is 12.4 Å². The van der Waals surface area contributed by atoms with E-state index in [2.05, 4.69) is 27.5 Å². The van der Waals surface area contributed by atoms with Crippen molar-refractivity contribution < 1.29 is 0 Å². The Hall–Kier alpha value is -1.36. The quantitative estimate of drug-likeness (QED) is 0.616. The molecule has 5 nitrogen and oxygen atoms in total. The van der Waals surface area contributed by atoms with Crippen LogP contribution in [0.3, 0.4) is 0 Å². The van der Waals surface area contributed by atoms with E-state index >= 15 is 0 Å². The predicted molar refractivity (Wildman–Crippen MR) is 54.4 cm³/mol. The van der Waals surface area contributed by atoms with E-state index < -0.39 is 0 Å². The highest BCUT2D eigenvalue weighted by Crippen LogP contribution is 2.18. The minimum Gasteiger partial charge on any atom is -0.363 e. The number of rotatable bonds is 2. The van der Waals surface area contributed by atoms with Gasteiger partial charge >= 0.3 is 0 Å². The smallest absolute Gasteiger partial charge is 0.252 e. The molecule has 1 aliphatic rings. The Morgan fingerprint density at radius 3 is 3.14 bits per heavy atom. The molecule has 0 aliphatic carbocycles. The van der Waals surface area contributed by atoms with Crippen molar-refractivity contribution in [2.45, 2.75) is 18.9 Å². The van der Waals surface area contributed by atoms with E-state index in [0.29, 0.717) is 5.82 Å². The van der Waals surface area contributed by atoms with E-state index in [9.17, 15) is 4.79 Å². The van der Waals surface area contributed by atoms with Gasteiger partial charge in [0.25, 0.3) is 5.56 Å². The highest BCUT2D eigenvalue weighted by molar-refractivity contribution is 5.36. The second-order valence-electron chi connectivity index (χ2n) is 3.91. The van der Waals surface area contributed by atoms with Crippen LogP contribution in [0.1, 0.15) is 13.3 Å². The molecule has 5 heteroatoms. The van der Waals surface area contributed by atoms with Gasteiger partial charge < -0.3 is 15.6 Å². The second-order valence-corrected chi connectivity index (χ2v) is 3.91. The van der Waals surface area contributed by atoms with Gasteiger partial charge in [0, 0.05) is 18.2 Å². The molecule has 0 bridgehead atoms. The minimum atomic E-state index is -0.128. The molecule has 3 N–H and O–H groups in total. The lowest BCUT2D eigenvalue weighted by Crippen LogP contribution is -2.37.